The van der Waals surface area contributed by atoms with Crippen LogP contribution >= 0.6 is 0 Å². The minimum atomic E-state index is -0.993. The zero-order chi connectivity index (χ0) is 16.1. The number of rotatable bonds is 6. The number of hydrogen-bond donors (Lipinski definition) is 2. The molecule has 2 rings (SSSR count). The van der Waals surface area contributed by atoms with Crippen molar-refractivity contribution < 1.29 is 14.7 Å². The van der Waals surface area contributed by atoms with Gasteiger partial charge in [0.2, 0.25) is 0 Å². The number of nitrogens with one attached hydrogen (secondary N) is 1. The SMILES string of the molecule is CCCC(NC(=O)c1cnn(C2CCCCC2)c1C)C(=O)O. The Bertz CT molecular complexity index is 533. The van der Waals surface area contributed by atoms with Crippen LogP contribution in [0.5, 0.6) is 0 Å². The van der Waals surface area contributed by atoms with Gasteiger partial charge in [-0.1, -0.05) is 32.6 Å². The van der Waals surface area contributed by atoms with Gasteiger partial charge in [0.15, 0.2) is 0 Å². The third-order valence-corrected chi connectivity index (χ3v) is 4.39. The van der Waals surface area contributed by atoms with Crippen LogP contribution in [0.15, 0.2) is 6.20 Å². The number of carboxylic acids is 1. The van der Waals surface area contributed by atoms with E-state index in [1.165, 1.54) is 19.3 Å². The molecule has 1 heterocycles. The Labute approximate surface area is 130 Å². The maximum absolute atomic E-state index is 12.3. The summed E-state index contributed by atoms with van der Waals surface area (Å²) in [4.78, 5) is 23.5. The summed E-state index contributed by atoms with van der Waals surface area (Å²) in [5, 5.41) is 16.1. The fourth-order valence-corrected chi connectivity index (χ4v) is 3.12. The number of nitrogens with zero attached hydrogens (tertiary/aromatic N) is 2. The zero-order valence-electron chi connectivity index (χ0n) is 13.3. The maximum atomic E-state index is 12.3. The van der Waals surface area contributed by atoms with Crippen molar-refractivity contribution in [2.75, 3.05) is 0 Å². The number of aromatic nitrogens is 2. The number of hydrogen-bond acceptors (Lipinski definition) is 3. The first-order chi connectivity index (χ1) is 10.5. The van der Waals surface area contributed by atoms with E-state index in [0.717, 1.165) is 18.5 Å². The van der Waals surface area contributed by atoms with Crippen LogP contribution in [0.4, 0.5) is 0 Å². The molecule has 6 nitrogen and oxygen atoms in total. The molecule has 1 aliphatic carbocycles. The van der Waals surface area contributed by atoms with Crippen LogP contribution in [-0.4, -0.2) is 32.8 Å². The third-order valence-electron chi connectivity index (χ3n) is 4.39. The molecule has 0 aromatic carbocycles. The Morgan fingerprint density at radius 3 is 2.68 bits per heavy atom. The lowest BCUT2D eigenvalue weighted by molar-refractivity contribution is -0.139. The van der Waals surface area contributed by atoms with E-state index in [1.807, 2.05) is 18.5 Å². The van der Waals surface area contributed by atoms with Crippen molar-refractivity contribution in [1.29, 1.82) is 0 Å². The van der Waals surface area contributed by atoms with Gasteiger partial charge < -0.3 is 10.4 Å². The van der Waals surface area contributed by atoms with Crippen molar-refractivity contribution in [3.63, 3.8) is 0 Å². The molecule has 1 saturated carbocycles. The second-order valence-corrected chi connectivity index (χ2v) is 6.03. The first-order valence-electron chi connectivity index (χ1n) is 8.12. The maximum Gasteiger partial charge on any atom is 0.326 e. The normalized spacial score (nSPS) is 17.2. The van der Waals surface area contributed by atoms with Crippen molar-refractivity contribution in [1.82, 2.24) is 15.1 Å². The average molecular weight is 307 g/mol. The van der Waals surface area contributed by atoms with Gasteiger partial charge >= 0.3 is 5.97 Å². The van der Waals surface area contributed by atoms with Gasteiger partial charge in [-0.15, -0.1) is 0 Å². The van der Waals surface area contributed by atoms with Crippen LogP contribution in [0.1, 0.15) is 74.0 Å². The molecule has 1 atom stereocenters. The second-order valence-electron chi connectivity index (χ2n) is 6.03. The number of carbonyl (C=O) groups is 2. The minimum Gasteiger partial charge on any atom is -0.480 e. The van der Waals surface area contributed by atoms with Gasteiger partial charge in [-0.05, 0) is 26.2 Å². The van der Waals surface area contributed by atoms with Crippen LogP contribution in [0.2, 0.25) is 0 Å². The zero-order valence-corrected chi connectivity index (χ0v) is 13.3. The first-order valence-corrected chi connectivity index (χ1v) is 8.12. The Balaban J connectivity index is 2.10. The topological polar surface area (TPSA) is 84.2 Å². The van der Waals surface area contributed by atoms with Crippen molar-refractivity contribution in [2.24, 2.45) is 0 Å². The van der Waals surface area contributed by atoms with Gasteiger partial charge in [0.1, 0.15) is 6.04 Å². The van der Waals surface area contributed by atoms with E-state index in [0.29, 0.717) is 24.4 Å². The largest absolute Gasteiger partial charge is 0.480 e. The quantitative estimate of drug-likeness (QED) is 0.846. The van der Waals surface area contributed by atoms with Gasteiger partial charge in [0, 0.05) is 5.69 Å². The average Bonchev–Trinajstić information content (AvgIpc) is 2.89. The summed E-state index contributed by atoms with van der Waals surface area (Å²) in [5.41, 5.74) is 1.30. The van der Waals surface area contributed by atoms with Crippen LogP contribution in [-0.2, 0) is 4.79 Å². The molecule has 0 aliphatic heterocycles. The molecule has 1 unspecified atom stereocenters. The summed E-state index contributed by atoms with van der Waals surface area (Å²) in [5.74, 6) is -1.34. The van der Waals surface area contributed by atoms with E-state index >= 15 is 0 Å². The summed E-state index contributed by atoms with van der Waals surface area (Å²) in [6.45, 7) is 3.78. The Hall–Kier alpha value is -1.85. The van der Waals surface area contributed by atoms with Crippen LogP contribution < -0.4 is 5.32 Å². The van der Waals surface area contributed by atoms with Crippen LogP contribution in [0.3, 0.4) is 0 Å². The Kier molecular flexibility index (Phi) is 5.57. The lowest BCUT2D eigenvalue weighted by Gasteiger charge is -2.23. The number of amides is 1. The molecule has 0 bridgehead atoms. The molecule has 1 fully saturated rings. The molecule has 22 heavy (non-hydrogen) atoms. The fourth-order valence-electron chi connectivity index (χ4n) is 3.12. The van der Waals surface area contributed by atoms with E-state index in [1.54, 1.807) is 6.20 Å². The molecule has 6 heteroatoms. The first kappa shape index (κ1) is 16.5. The van der Waals surface area contributed by atoms with Gasteiger partial charge in [0.05, 0.1) is 17.8 Å². The summed E-state index contributed by atoms with van der Waals surface area (Å²) >= 11 is 0. The Morgan fingerprint density at radius 1 is 1.41 bits per heavy atom. The minimum absolute atomic E-state index is 0.347. The predicted molar refractivity (Wildman–Crippen MR) is 82.9 cm³/mol. The molecule has 1 aromatic rings. The predicted octanol–water partition coefficient (Wildman–Crippen LogP) is 2.68. The highest BCUT2D eigenvalue weighted by Gasteiger charge is 2.24. The molecule has 0 spiro atoms. The highest BCUT2D eigenvalue weighted by atomic mass is 16.4. The summed E-state index contributed by atoms with van der Waals surface area (Å²) in [6.07, 6.45) is 8.54. The molecule has 1 aliphatic rings. The van der Waals surface area contributed by atoms with Gasteiger partial charge in [0.25, 0.3) is 5.91 Å². The van der Waals surface area contributed by atoms with Gasteiger partial charge in [-0.2, -0.15) is 5.10 Å². The van der Waals surface area contributed by atoms with E-state index in [4.69, 9.17) is 5.11 Å². The lowest BCUT2D eigenvalue weighted by atomic mass is 9.95. The van der Waals surface area contributed by atoms with E-state index < -0.39 is 12.0 Å². The molecular weight excluding hydrogens is 282 g/mol. The molecule has 0 radical (unpaired) electrons. The number of carboxylic acid groups (broad SMARTS) is 1. The highest BCUT2D eigenvalue weighted by molar-refractivity contribution is 5.97. The molecule has 0 saturated heterocycles. The van der Waals surface area contributed by atoms with Crippen molar-refractivity contribution in [3.8, 4) is 0 Å². The summed E-state index contributed by atoms with van der Waals surface area (Å²) in [7, 11) is 0. The molecular formula is C16H25N3O3. The van der Waals surface area contributed by atoms with Gasteiger partial charge in [-0.25, -0.2) is 4.79 Å². The fraction of sp³-hybridized carbons (Fsp3) is 0.688. The van der Waals surface area contributed by atoms with Crippen molar-refractivity contribution in [2.45, 2.75) is 70.9 Å². The molecule has 2 N–H and O–H groups in total. The highest BCUT2D eigenvalue weighted by Crippen LogP contribution is 2.29. The Morgan fingerprint density at radius 2 is 2.09 bits per heavy atom. The van der Waals surface area contributed by atoms with Crippen LogP contribution in [0.25, 0.3) is 0 Å². The number of carbonyl (C=O) groups excluding carboxylic acids is 1. The summed E-state index contributed by atoms with van der Waals surface area (Å²) in [6, 6.07) is -0.476. The van der Waals surface area contributed by atoms with E-state index in [-0.39, 0.29) is 5.91 Å². The van der Waals surface area contributed by atoms with E-state index in [2.05, 4.69) is 10.4 Å². The van der Waals surface area contributed by atoms with E-state index in [9.17, 15) is 9.59 Å². The molecule has 1 aromatic heterocycles. The third kappa shape index (κ3) is 3.67. The smallest absolute Gasteiger partial charge is 0.326 e. The molecule has 122 valence electrons. The van der Waals surface area contributed by atoms with Crippen LogP contribution in [0, 0.1) is 6.92 Å². The lowest BCUT2D eigenvalue weighted by Crippen LogP contribution is -2.40. The second kappa shape index (κ2) is 7.42. The standard InChI is InChI=1S/C16H25N3O3/c1-3-7-14(16(21)22)18-15(20)13-10-17-19(11(13)2)12-8-5-4-6-9-12/h10,12,14H,3-9H2,1-2H3,(H,18,20)(H,21,22). The molecule has 1 amide bonds. The summed E-state index contributed by atoms with van der Waals surface area (Å²) < 4.78 is 1.93. The van der Waals surface area contributed by atoms with Gasteiger partial charge in [-0.3, -0.25) is 9.48 Å². The number of aliphatic carboxylic acids is 1. The monoisotopic (exact) mass is 307 g/mol. The van der Waals surface area contributed by atoms with Crippen molar-refractivity contribution in [3.05, 3.63) is 17.5 Å². The van der Waals surface area contributed by atoms with Crippen molar-refractivity contribution >= 4 is 11.9 Å².